The monoisotopic (exact) mass is 377 g/mol. The van der Waals surface area contributed by atoms with Gasteiger partial charge in [-0.15, -0.1) is 0 Å². The van der Waals surface area contributed by atoms with Crippen molar-refractivity contribution in [2.45, 2.75) is 31.5 Å². The van der Waals surface area contributed by atoms with Crippen LogP contribution >= 0.6 is 0 Å². The number of aryl methyl sites for hydroxylation is 1. The molecule has 0 bridgehead atoms. The Hall–Kier alpha value is -1.98. The summed E-state index contributed by atoms with van der Waals surface area (Å²) in [6.07, 6.45) is -4.64. The molecule has 0 aliphatic rings. The van der Waals surface area contributed by atoms with Gasteiger partial charge in [0, 0.05) is 5.56 Å². The summed E-state index contributed by atoms with van der Waals surface area (Å²) in [5, 5.41) is 2.71. The maximum atomic E-state index is 12.8. The number of benzene rings is 1. The number of hydrogen-bond donors (Lipinski definition) is 0. The van der Waals surface area contributed by atoms with Crippen molar-refractivity contribution >= 4 is 21.0 Å². The van der Waals surface area contributed by atoms with E-state index < -0.39 is 44.2 Å². The van der Waals surface area contributed by atoms with E-state index in [-0.39, 0.29) is 18.4 Å². The van der Waals surface area contributed by atoms with Crippen LogP contribution in [0.5, 0.6) is 5.75 Å². The van der Waals surface area contributed by atoms with Crippen LogP contribution in [0.15, 0.2) is 16.7 Å². The molecule has 0 aliphatic heterocycles. The number of nitrogens with zero attached hydrogens (tertiary/aromatic N) is 1. The molecule has 0 amide bonds. The number of alkyl halides is 6. The highest BCUT2D eigenvalue weighted by Gasteiger charge is 2.49. The Labute approximate surface area is 131 Å². The molecule has 0 atom stereocenters. The maximum absolute atomic E-state index is 12.8. The second-order valence-electron chi connectivity index (χ2n) is 4.68. The molecule has 134 valence electrons. The topological polar surface area (TPSA) is 69.4 Å². The van der Waals surface area contributed by atoms with E-state index in [0.29, 0.717) is 6.07 Å². The fraction of sp³-hybridized carbons (Fsp3) is 0.417. The van der Waals surface area contributed by atoms with Crippen molar-refractivity contribution < 1.29 is 43.5 Å². The molecule has 5 nitrogen and oxygen atoms in total. The highest BCUT2D eigenvalue weighted by atomic mass is 32.2. The van der Waals surface area contributed by atoms with Crippen LogP contribution in [0.1, 0.15) is 24.7 Å². The Morgan fingerprint density at radius 1 is 1.17 bits per heavy atom. The number of hydrogen-bond acceptors (Lipinski definition) is 5. The van der Waals surface area contributed by atoms with Gasteiger partial charge in [0.25, 0.3) is 0 Å². The molecule has 0 unspecified atom stereocenters. The summed E-state index contributed by atoms with van der Waals surface area (Å²) in [5.41, 5.74) is -6.30. The summed E-state index contributed by atoms with van der Waals surface area (Å²) in [7, 11) is -5.96. The predicted octanol–water partition coefficient (Wildman–Crippen LogP) is 4.03. The Morgan fingerprint density at radius 3 is 2.29 bits per heavy atom. The van der Waals surface area contributed by atoms with Crippen molar-refractivity contribution in [3.8, 4) is 5.75 Å². The van der Waals surface area contributed by atoms with Gasteiger partial charge in [-0.2, -0.15) is 34.8 Å². The van der Waals surface area contributed by atoms with E-state index in [1.165, 1.54) is 0 Å². The third-order valence-corrected chi connectivity index (χ3v) is 3.92. The second-order valence-corrected chi connectivity index (χ2v) is 6.22. The number of halogens is 6. The fourth-order valence-electron chi connectivity index (χ4n) is 1.99. The van der Waals surface area contributed by atoms with Crippen LogP contribution in [0.4, 0.5) is 26.3 Å². The van der Waals surface area contributed by atoms with Crippen molar-refractivity contribution in [2.75, 3.05) is 0 Å². The Morgan fingerprint density at radius 2 is 1.79 bits per heavy atom. The molecule has 0 aliphatic carbocycles. The first-order valence-corrected chi connectivity index (χ1v) is 7.78. The average molecular weight is 377 g/mol. The van der Waals surface area contributed by atoms with Crippen LogP contribution in [-0.4, -0.2) is 19.1 Å². The van der Waals surface area contributed by atoms with Crippen molar-refractivity contribution in [2.24, 2.45) is 0 Å². The SMILES string of the molecule is CCCc1c(OS(=O)(=O)C(F)(F)F)ccc2c(C(F)(F)F)onc12. The summed E-state index contributed by atoms with van der Waals surface area (Å²) >= 11 is 0. The average Bonchev–Trinajstić information content (AvgIpc) is 2.84. The normalized spacial score (nSPS) is 13.5. The first-order valence-electron chi connectivity index (χ1n) is 6.37. The molecule has 12 heteroatoms. The lowest BCUT2D eigenvalue weighted by Crippen LogP contribution is -2.28. The number of rotatable bonds is 4. The van der Waals surface area contributed by atoms with Gasteiger partial charge in [-0.25, -0.2) is 0 Å². The molecular formula is C12H9F6NO4S. The molecule has 0 N–H and O–H groups in total. The first-order chi connectivity index (χ1) is 10.9. The van der Waals surface area contributed by atoms with Gasteiger partial charge >= 0.3 is 21.8 Å². The van der Waals surface area contributed by atoms with Crippen molar-refractivity contribution in [1.82, 2.24) is 5.16 Å². The van der Waals surface area contributed by atoms with Gasteiger partial charge in [0.2, 0.25) is 5.76 Å². The zero-order valence-electron chi connectivity index (χ0n) is 11.8. The largest absolute Gasteiger partial charge is 0.534 e. The minimum atomic E-state index is -5.96. The first kappa shape index (κ1) is 18.4. The van der Waals surface area contributed by atoms with Gasteiger partial charge < -0.3 is 8.71 Å². The summed E-state index contributed by atoms with van der Waals surface area (Å²) in [6.45, 7) is 1.59. The second kappa shape index (κ2) is 5.83. The van der Waals surface area contributed by atoms with Gasteiger partial charge in [0.15, 0.2) is 0 Å². The molecule has 0 saturated carbocycles. The van der Waals surface area contributed by atoms with Gasteiger partial charge in [0.1, 0.15) is 11.3 Å². The van der Waals surface area contributed by atoms with Crippen LogP contribution in [0.3, 0.4) is 0 Å². The van der Waals surface area contributed by atoms with Gasteiger partial charge in [-0.1, -0.05) is 18.5 Å². The van der Waals surface area contributed by atoms with Gasteiger partial charge in [-0.05, 0) is 18.6 Å². The molecule has 1 aromatic carbocycles. The summed E-state index contributed by atoms with van der Waals surface area (Å²) in [4.78, 5) is 0. The molecule has 24 heavy (non-hydrogen) atoms. The molecule has 1 heterocycles. The van der Waals surface area contributed by atoms with Gasteiger partial charge in [-0.3, -0.25) is 0 Å². The van der Waals surface area contributed by atoms with Crippen LogP contribution in [0.2, 0.25) is 0 Å². The summed E-state index contributed by atoms with van der Waals surface area (Å²) in [6, 6.07) is 1.46. The summed E-state index contributed by atoms with van der Waals surface area (Å²) in [5.74, 6) is -2.18. The smallest absolute Gasteiger partial charge is 0.376 e. The molecule has 2 rings (SSSR count). The minimum absolute atomic E-state index is 0.0656. The van der Waals surface area contributed by atoms with E-state index in [1.54, 1.807) is 6.92 Å². The van der Waals surface area contributed by atoms with Crippen LogP contribution in [-0.2, 0) is 22.7 Å². The Kier molecular flexibility index (Phi) is 4.46. The van der Waals surface area contributed by atoms with E-state index in [4.69, 9.17) is 0 Å². The predicted molar refractivity (Wildman–Crippen MR) is 68.6 cm³/mol. The van der Waals surface area contributed by atoms with Gasteiger partial charge in [0.05, 0.1) is 5.39 Å². The van der Waals surface area contributed by atoms with Crippen LogP contribution in [0, 0.1) is 0 Å². The van der Waals surface area contributed by atoms with Crippen LogP contribution < -0.4 is 4.18 Å². The standard InChI is InChI=1S/C12H9F6NO4S/c1-2-3-6-8(23-24(20,21)12(16,17)18)5-4-7-9(6)19-22-10(7)11(13,14)15/h4-5H,2-3H2,1H3. The van der Waals surface area contributed by atoms with E-state index in [0.717, 1.165) is 6.07 Å². The Bertz CT molecular complexity index is 853. The lowest BCUT2D eigenvalue weighted by atomic mass is 10.0. The van der Waals surface area contributed by atoms with Crippen molar-refractivity contribution in [1.29, 1.82) is 0 Å². The third-order valence-electron chi connectivity index (χ3n) is 2.95. The van der Waals surface area contributed by atoms with E-state index >= 15 is 0 Å². The lowest BCUT2D eigenvalue weighted by Gasteiger charge is -2.13. The molecule has 2 aromatic rings. The zero-order valence-corrected chi connectivity index (χ0v) is 12.6. The maximum Gasteiger partial charge on any atom is 0.534 e. The lowest BCUT2D eigenvalue weighted by molar-refractivity contribution is -0.154. The van der Waals surface area contributed by atoms with Crippen molar-refractivity contribution in [3.05, 3.63) is 23.5 Å². The summed E-state index contributed by atoms with van der Waals surface area (Å²) < 4.78 is 106. The molecule has 0 saturated heterocycles. The minimum Gasteiger partial charge on any atom is -0.376 e. The quantitative estimate of drug-likeness (QED) is 0.457. The Balaban J connectivity index is 2.63. The van der Waals surface area contributed by atoms with E-state index in [2.05, 4.69) is 13.9 Å². The van der Waals surface area contributed by atoms with E-state index in [9.17, 15) is 34.8 Å². The molecule has 0 fully saturated rings. The number of fused-ring (bicyclic) bond motifs is 1. The highest BCUT2D eigenvalue weighted by Crippen LogP contribution is 2.39. The highest BCUT2D eigenvalue weighted by molar-refractivity contribution is 7.88. The molecular weight excluding hydrogens is 368 g/mol. The third kappa shape index (κ3) is 3.28. The molecule has 1 aromatic heterocycles. The van der Waals surface area contributed by atoms with Crippen LogP contribution in [0.25, 0.3) is 10.9 Å². The molecule has 0 radical (unpaired) electrons. The zero-order chi connectivity index (χ0) is 18.3. The van der Waals surface area contributed by atoms with E-state index in [1.807, 2.05) is 0 Å². The van der Waals surface area contributed by atoms with Crippen molar-refractivity contribution in [3.63, 3.8) is 0 Å². The molecule has 0 spiro atoms. The number of aromatic nitrogens is 1. The fourth-order valence-corrected chi connectivity index (χ4v) is 2.47.